The van der Waals surface area contributed by atoms with Gasteiger partial charge in [0.15, 0.2) is 0 Å². The summed E-state index contributed by atoms with van der Waals surface area (Å²) in [5.74, 6) is -2.72. The molecule has 0 saturated heterocycles. The van der Waals surface area contributed by atoms with Crippen LogP contribution in [-0.4, -0.2) is 0 Å². The molecule has 31 heavy (non-hydrogen) atoms. The molecule has 0 unspecified atom stereocenters. The van der Waals surface area contributed by atoms with Crippen LogP contribution in [0.15, 0.2) is 24.3 Å². The predicted molar refractivity (Wildman–Crippen MR) is 81.8 cm³/mol. The normalized spacial score (nSPS) is 13.4. The molecule has 3 nitrogen and oxygen atoms in total. The molecule has 15 heteroatoms. The number of anilines is 2. The molecule has 172 valence electrons. The zero-order chi connectivity index (χ0) is 24.2. The summed E-state index contributed by atoms with van der Waals surface area (Å²) in [6.07, 6.45) is -21.8. The van der Waals surface area contributed by atoms with Crippen LogP contribution in [0.2, 0.25) is 0 Å². The number of halogens is 12. The molecule has 0 aliphatic carbocycles. The van der Waals surface area contributed by atoms with Gasteiger partial charge < -0.3 is 16.2 Å². The van der Waals surface area contributed by atoms with Gasteiger partial charge in [-0.05, 0) is 24.3 Å². The molecule has 0 radical (unpaired) electrons. The van der Waals surface area contributed by atoms with E-state index in [2.05, 4.69) is 4.74 Å². The molecule has 0 amide bonds. The van der Waals surface area contributed by atoms with Gasteiger partial charge in [-0.1, -0.05) is 0 Å². The number of hydrogen-bond donors (Lipinski definition) is 2. The summed E-state index contributed by atoms with van der Waals surface area (Å²) in [5.41, 5.74) is -1.95. The molecule has 4 N–H and O–H groups in total. The van der Waals surface area contributed by atoms with E-state index in [1.54, 1.807) is 0 Å². The van der Waals surface area contributed by atoms with Crippen LogP contribution in [0.1, 0.15) is 22.3 Å². The van der Waals surface area contributed by atoms with Crippen molar-refractivity contribution < 1.29 is 57.4 Å². The van der Waals surface area contributed by atoms with Gasteiger partial charge in [-0.2, -0.15) is 52.7 Å². The Morgan fingerprint density at radius 2 is 0.645 bits per heavy atom. The molecule has 0 aromatic heterocycles. The Morgan fingerprint density at radius 1 is 0.452 bits per heavy atom. The highest BCUT2D eigenvalue weighted by atomic mass is 19.4. The number of ether oxygens (including phenoxy) is 1. The van der Waals surface area contributed by atoms with E-state index in [-0.39, 0.29) is 24.3 Å². The van der Waals surface area contributed by atoms with E-state index in [0.29, 0.717) is 0 Å². The third-order valence-electron chi connectivity index (χ3n) is 3.76. The van der Waals surface area contributed by atoms with Crippen LogP contribution in [0, 0.1) is 0 Å². The number of benzene rings is 2. The topological polar surface area (TPSA) is 61.3 Å². The Bertz CT molecular complexity index is 837. The second-order valence-corrected chi connectivity index (χ2v) is 5.96. The summed E-state index contributed by atoms with van der Waals surface area (Å²) >= 11 is 0. The summed E-state index contributed by atoms with van der Waals surface area (Å²) in [7, 11) is 0. The number of nitrogens with two attached hydrogens (primary N) is 2. The molecule has 0 spiro atoms. The lowest BCUT2D eigenvalue weighted by atomic mass is 10.0. The lowest BCUT2D eigenvalue weighted by molar-refractivity contribution is -0.143. The molecule has 2 aromatic rings. The minimum Gasteiger partial charge on any atom is -0.457 e. The summed E-state index contributed by atoms with van der Waals surface area (Å²) in [6.45, 7) is 0. The van der Waals surface area contributed by atoms with Gasteiger partial charge in [-0.3, -0.25) is 0 Å². The molecule has 0 heterocycles. The molecular weight excluding hydrogens is 464 g/mol. The van der Waals surface area contributed by atoms with Gasteiger partial charge in [0, 0.05) is 0 Å². The Hall–Kier alpha value is -3.00. The first-order valence-corrected chi connectivity index (χ1v) is 7.56. The number of nitrogen functional groups attached to an aromatic ring is 2. The highest BCUT2D eigenvalue weighted by Gasteiger charge is 2.43. The minimum atomic E-state index is -5.45. The predicted octanol–water partition coefficient (Wildman–Crippen LogP) is 6.72. The molecule has 0 fully saturated rings. The van der Waals surface area contributed by atoms with Gasteiger partial charge in [0.25, 0.3) is 0 Å². The van der Waals surface area contributed by atoms with Crippen molar-refractivity contribution in [3.8, 4) is 11.5 Å². The first-order chi connectivity index (χ1) is 13.7. The second-order valence-electron chi connectivity index (χ2n) is 5.96. The van der Waals surface area contributed by atoms with E-state index in [4.69, 9.17) is 11.5 Å². The van der Waals surface area contributed by atoms with Crippen LogP contribution in [-0.2, 0) is 24.7 Å². The number of alkyl halides is 12. The molecule has 2 aromatic carbocycles. The van der Waals surface area contributed by atoms with Crippen LogP contribution < -0.4 is 16.2 Å². The molecule has 0 bridgehead atoms. The average Bonchev–Trinajstić information content (AvgIpc) is 2.53. The van der Waals surface area contributed by atoms with E-state index < -0.39 is 69.8 Å². The maximum absolute atomic E-state index is 13.0. The average molecular weight is 472 g/mol. The fourth-order valence-electron chi connectivity index (χ4n) is 2.45. The number of rotatable bonds is 2. The van der Waals surface area contributed by atoms with Gasteiger partial charge in [0.1, 0.15) is 11.5 Å². The zero-order valence-corrected chi connectivity index (χ0v) is 14.4. The van der Waals surface area contributed by atoms with Gasteiger partial charge in [0.05, 0.1) is 33.6 Å². The third kappa shape index (κ3) is 5.19. The maximum Gasteiger partial charge on any atom is 0.418 e. The molecule has 0 saturated carbocycles. The Morgan fingerprint density at radius 3 is 0.806 bits per heavy atom. The molecule has 2 rings (SSSR count). The largest absolute Gasteiger partial charge is 0.457 e. The van der Waals surface area contributed by atoms with Crippen LogP contribution in [0.3, 0.4) is 0 Å². The highest BCUT2D eigenvalue weighted by molar-refractivity contribution is 5.62. The lowest BCUT2D eigenvalue weighted by Gasteiger charge is -2.20. The van der Waals surface area contributed by atoms with Crippen molar-refractivity contribution in [3.05, 3.63) is 46.5 Å². The van der Waals surface area contributed by atoms with E-state index >= 15 is 0 Å². The molecule has 0 aliphatic heterocycles. The van der Waals surface area contributed by atoms with Crippen LogP contribution in [0.5, 0.6) is 11.5 Å². The lowest BCUT2D eigenvalue weighted by Crippen LogP contribution is -2.17. The fraction of sp³-hybridized carbons (Fsp3) is 0.250. The summed E-state index contributed by atoms with van der Waals surface area (Å²) in [5, 5.41) is 0. The van der Waals surface area contributed by atoms with E-state index in [1.807, 2.05) is 0 Å². The van der Waals surface area contributed by atoms with Crippen molar-refractivity contribution in [2.75, 3.05) is 11.5 Å². The minimum absolute atomic E-state index is 0.0958. The SMILES string of the molecule is Nc1c(C(F)(F)F)cc(Oc2cc(C(F)(F)F)c(N)c(C(F)(F)F)c2)cc1C(F)(F)F. The van der Waals surface area contributed by atoms with Crippen molar-refractivity contribution in [2.45, 2.75) is 24.7 Å². The summed E-state index contributed by atoms with van der Waals surface area (Å²) in [6, 6.07) is -0.383. The first kappa shape index (κ1) is 24.3. The van der Waals surface area contributed by atoms with Gasteiger partial charge >= 0.3 is 24.7 Å². The van der Waals surface area contributed by atoms with Crippen molar-refractivity contribution in [2.24, 2.45) is 0 Å². The van der Waals surface area contributed by atoms with Crippen molar-refractivity contribution in [3.63, 3.8) is 0 Å². The summed E-state index contributed by atoms with van der Waals surface area (Å²) in [4.78, 5) is 0. The first-order valence-electron chi connectivity index (χ1n) is 7.56. The maximum atomic E-state index is 13.0. The highest BCUT2D eigenvalue weighted by Crippen LogP contribution is 2.47. The van der Waals surface area contributed by atoms with E-state index in [0.717, 1.165) is 0 Å². The quantitative estimate of drug-likeness (QED) is 0.377. The Labute approximate surface area is 164 Å². The van der Waals surface area contributed by atoms with E-state index in [1.165, 1.54) is 0 Å². The third-order valence-corrected chi connectivity index (χ3v) is 3.76. The van der Waals surface area contributed by atoms with Crippen molar-refractivity contribution >= 4 is 11.4 Å². The molecular formula is C16H8F12N2O. The number of hydrogen-bond acceptors (Lipinski definition) is 3. The molecule has 0 atom stereocenters. The van der Waals surface area contributed by atoms with E-state index in [9.17, 15) is 52.7 Å². The van der Waals surface area contributed by atoms with Crippen LogP contribution in [0.25, 0.3) is 0 Å². The fourth-order valence-corrected chi connectivity index (χ4v) is 2.45. The van der Waals surface area contributed by atoms with Gasteiger partial charge in [-0.15, -0.1) is 0 Å². The van der Waals surface area contributed by atoms with Gasteiger partial charge in [0.2, 0.25) is 0 Å². The molecule has 0 aliphatic rings. The smallest absolute Gasteiger partial charge is 0.418 e. The second kappa shape index (κ2) is 7.30. The zero-order valence-electron chi connectivity index (χ0n) is 14.4. The Kier molecular flexibility index (Phi) is 5.72. The Balaban J connectivity index is 2.73. The monoisotopic (exact) mass is 472 g/mol. The van der Waals surface area contributed by atoms with Crippen molar-refractivity contribution in [1.29, 1.82) is 0 Å². The van der Waals surface area contributed by atoms with Crippen LogP contribution in [0.4, 0.5) is 64.1 Å². The summed E-state index contributed by atoms with van der Waals surface area (Å²) < 4.78 is 161. The standard InChI is InChI=1S/C16H8F12N2O/c17-13(18,19)7-1-5(2-8(11(7)29)14(20,21)22)31-6-3-9(15(23,24)25)12(30)10(4-6)16(26,27)28/h1-4H,29-30H2. The van der Waals surface area contributed by atoms with Gasteiger partial charge in [-0.25, -0.2) is 0 Å². The van der Waals surface area contributed by atoms with Crippen LogP contribution >= 0.6 is 0 Å². The van der Waals surface area contributed by atoms with Crippen molar-refractivity contribution in [1.82, 2.24) is 0 Å².